The van der Waals surface area contributed by atoms with Crippen molar-refractivity contribution in [1.82, 2.24) is 0 Å². The van der Waals surface area contributed by atoms with Crippen molar-refractivity contribution < 1.29 is 29.4 Å². The zero-order chi connectivity index (χ0) is 25.8. The van der Waals surface area contributed by atoms with Crippen molar-refractivity contribution in [1.29, 1.82) is 0 Å². The molecule has 0 bridgehead atoms. The van der Waals surface area contributed by atoms with E-state index in [-0.39, 0.29) is 20.4 Å². The molecule has 10 heteroatoms. The fourth-order valence-corrected chi connectivity index (χ4v) is 7.34. The van der Waals surface area contributed by atoms with Crippen molar-refractivity contribution in [2.45, 2.75) is 25.2 Å². The van der Waals surface area contributed by atoms with E-state index in [9.17, 15) is 25.3 Å². The average Bonchev–Trinajstić information content (AvgIpc) is 2.87. The molecule has 0 fully saturated rings. The number of rotatable bonds is 7. The Morgan fingerprint density at radius 2 is 0.917 bits per heavy atom. The molecule has 0 aromatic heterocycles. The predicted octanol–water partition coefficient (Wildman–Crippen LogP) is 4.09. The largest absolute Gasteiger partial charge is 0.379 e. The molecule has 3 aromatic carbocycles. The summed E-state index contributed by atoms with van der Waals surface area (Å²) >= 11 is 0. The highest BCUT2D eigenvalue weighted by Gasteiger charge is 2.30. The summed E-state index contributed by atoms with van der Waals surface area (Å²) in [5.41, 5.74) is 0. The highest BCUT2D eigenvalue weighted by Crippen LogP contribution is 2.26. The van der Waals surface area contributed by atoms with Gasteiger partial charge in [-0.1, -0.05) is 72.8 Å². The maximum absolute atomic E-state index is 13.4. The normalized spacial score (nSPS) is 18.6. The van der Waals surface area contributed by atoms with Crippen LogP contribution in [0.15, 0.2) is 142 Å². The first kappa shape index (κ1) is 25.6. The molecule has 2 atom stereocenters. The molecule has 36 heavy (non-hydrogen) atoms. The third kappa shape index (κ3) is 5.51. The first-order chi connectivity index (χ1) is 17.1. The van der Waals surface area contributed by atoms with Crippen molar-refractivity contribution in [2.24, 2.45) is 0 Å². The molecule has 0 radical (unpaired) electrons. The summed E-state index contributed by atoms with van der Waals surface area (Å²) in [7, 11) is -12.3. The quantitative estimate of drug-likeness (QED) is 0.327. The summed E-state index contributed by atoms with van der Waals surface area (Å²) in [5, 5.41) is -2.65. The third-order valence-electron chi connectivity index (χ3n) is 5.37. The molecule has 0 saturated carbocycles. The van der Waals surface area contributed by atoms with Crippen LogP contribution in [-0.4, -0.2) is 35.8 Å². The van der Waals surface area contributed by atoms with Gasteiger partial charge in [-0.2, -0.15) is 8.42 Å². The second-order valence-electron chi connectivity index (χ2n) is 7.81. The molecule has 186 valence electrons. The Morgan fingerprint density at radius 1 is 0.500 bits per heavy atom. The van der Waals surface area contributed by atoms with E-state index in [1.165, 1.54) is 72.8 Å². The van der Waals surface area contributed by atoms with Gasteiger partial charge < -0.3 is 4.18 Å². The van der Waals surface area contributed by atoms with Crippen molar-refractivity contribution in [3.63, 3.8) is 0 Å². The fourth-order valence-electron chi connectivity index (χ4n) is 3.50. The predicted molar refractivity (Wildman–Crippen MR) is 136 cm³/mol. The van der Waals surface area contributed by atoms with Gasteiger partial charge in [-0.15, -0.1) is 0 Å². The van der Waals surface area contributed by atoms with Gasteiger partial charge in [-0.25, -0.2) is 16.8 Å². The van der Waals surface area contributed by atoms with Gasteiger partial charge in [-0.05, 0) is 48.6 Å². The van der Waals surface area contributed by atoms with Crippen LogP contribution in [0.2, 0.25) is 0 Å². The molecular weight excluding hydrogens is 520 g/mol. The molecule has 3 aromatic rings. The van der Waals surface area contributed by atoms with Gasteiger partial charge in [0.15, 0.2) is 19.7 Å². The number of allylic oxidation sites excluding steroid dienone is 1. The Kier molecular flexibility index (Phi) is 7.30. The summed E-state index contributed by atoms with van der Waals surface area (Å²) in [5.74, 6) is -0.319. The van der Waals surface area contributed by atoms with Gasteiger partial charge in [0.25, 0.3) is 0 Å². The topological polar surface area (TPSA) is 112 Å². The van der Waals surface area contributed by atoms with Gasteiger partial charge in [0.05, 0.1) is 9.79 Å². The number of hydrogen-bond acceptors (Lipinski definition) is 7. The first-order valence-corrected chi connectivity index (χ1v) is 15.3. The molecule has 0 heterocycles. The van der Waals surface area contributed by atoms with Crippen LogP contribution >= 0.6 is 0 Å². The fraction of sp³-hybridized carbons (Fsp3) is 0.0769. The molecule has 0 aliphatic heterocycles. The summed E-state index contributed by atoms with van der Waals surface area (Å²) < 4.78 is 84.3. The highest BCUT2D eigenvalue weighted by atomic mass is 32.2. The molecule has 1 aliphatic carbocycles. The molecule has 0 amide bonds. The average molecular weight is 543 g/mol. The van der Waals surface area contributed by atoms with E-state index in [0.717, 1.165) is 6.08 Å². The van der Waals surface area contributed by atoms with Crippen LogP contribution in [0, 0.1) is 0 Å². The monoisotopic (exact) mass is 542 g/mol. The lowest BCUT2D eigenvalue weighted by Gasteiger charge is -2.17. The zero-order valence-corrected chi connectivity index (χ0v) is 21.2. The van der Waals surface area contributed by atoms with Crippen LogP contribution in [0.3, 0.4) is 0 Å². The number of benzene rings is 3. The van der Waals surface area contributed by atoms with E-state index >= 15 is 0 Å². The molecule has 7 nitrogen and oxygen atoms in total. The lowest BCUT2D eigenvalue weighted by Crippen LogP contribution is -2.23. The summed E-state index contributed by atoms with van der Waals surface area (Å²) in [4.78, 5) is -0.100. The van der Waals surface area contributed by atoms with E-state index in [1.54, 1.807) is 42.5 Å². The maximum atomic E-state index is 13.4. The van der Waals surface area contributed by atoms with Crippen molar-refractivity contribution in [2.75, 3.05) is 0 Å². The summed E-state index contributed by atoms with van der Waals surface area (Å²) in [6.07, 6.45) is 6.08. The van der Waals surface area contributed by atoms with Gasteiger partial charge in [0.1, 0.15) is 21.2 Å². The van der Waals surface area contributed by atoms with E-state index in [1.807, 2.05) is 0 Å². The molecule has 0 N–H and O–H groups in total. The van der Waals surface area contributed by atoms with Gasteiger partial charge in [0, 0.05) is 0 Å². The molecule has 1 aliphatic rings. The van der Waals surface area contributed by atoms with Crippen LogP contribution in [0.5, 0.6) is 0 Å². The van der Waals surface area contributed by atoms with Gasteiger partial charge in [-0.3, -0.25) is 0 Å². The molecule has 4 rings (SSSR count). The van der Waals surface area contributed by atoms with Gasteiger partial charge in [0.2, 0.25) is 0 Å². The molecule has 0 saturated heterocycles. The van der Waals surface area contributed by atoms with Crippen LogP contribution < -0.4 is 0 Å². The van der Waals surface area contributed by atoms with E-state index < -0.39 is 40.3 Å². The van der Waals surface area contributed by atoms with Crippen LogP contribution in [0.1, 0.15) is 0 Å². The van der Waals surface area contributed by atoms with Crippen LogP contribution in [-0.2, 0) is 34.0 Å². The van der Waals surface area contributed by atoms with Crippen molar-refractivity contribution in [3.8, 4) is 0 Å². The second kappa shape index (κ2) is 10.3. The van der Waals surface area contributed by atoms with Crippen LogP contribution in [0.25, 0.3) is 0 Å². The van der Waals surface area contributed by atoms with E-state index in [4.69, 9.17) is 4.18 Å². The maximum Gasteiger partial charge on any atom is 0.339 e. The Morgan fingerprint density at radius 3 is 1.42 bits per heavy atom. The third-order valence-corrected chi connectivity index (χ3v) is 10.5. The van der Waals surface area contributed by atoms with E-state index in [0.29, 0.717) is 0 Å². The minimum atomic E-state index is -4.31. The minimum Gasteiger partial charge on any atom is -0.379 e. The molecule has 0 spiro atoms. The minimum absolute atomic E-state index is 0.00631. The van der Waals surface area contributed by atoms with Gasteiger partial charge >= 0.3 is 10.1 Å². The smallest absolute Gasteiger partial charge is 0.339 e. The Labute approximate surface area is 211 Å². The van der Waals surface area contributed by atoms with Crippen molar-refractivity contribution >= 4 is 29.8 Å². The Bertz CT molecular complexity index is 1620. The zero-order valence-electron chi connectivity index (χ0n) is 18.8. The first-order valence-electron chi connectivity index (χ1n) is 10.8. The van der Waals surface area contributed by atoms with Crippen LogP contribution in [0.4, 0.5) is 0 Å². The Balaban J connectivity index is 1.81. The number of hydrogen-bond donors (Lipinski definition) is 0. The molecular formula is C26H22O7S3. The lowest BCUT2D eigenvalue weighted by atomic mass is 10.2. The second-order valence-corrected chi connectivity index (χ2v) is 13.6. The summed E-state index contributed by atoms with van der Waals surface area (Å²) in [6, 6.07) is 22.6. The SMILES string of the molecule is O=S(=O)(OC1=C[C@@H](S(=O)(=O)c2ccccc2)C=C[C@@H](S(=O)(=O)c2ccccc2)C=C1)c1ccccc1. The Hall–Kier alpha value is -3.47. The summed E-state index contributed by atoms with van der Waals surface area (Å²) in [6.45, 7) is 0. The van der Waals surface area contributed by atoms with E-state index in [2.05, 4.69) is 0 Å². The number of sulfone groups is 2. The molecule has 0 unspecified atom stereocenters. The van der Waals surface area contributed by atoms with Crippen molar-refractivity contribution in [3.05, 3.63) is 127 Å². The highest BCUT2D eigenvalue weighted by molar-refractivity contribution is 7.92. The standard InChI is InChI=1S/C26H22O7S3/c27-34(28,22-10-4-1-5-11-22)24-17-16-21(33-36(31,32)25-14-8-3-9-15-25)20-26(19-18-24)35(29,30)23-12-6-2-7-13-23/h1-20,24,26H/t24-,26-/m0/s1. The lowest BCUT2D eigenvalue weighted by molar-refractivity contribution is 0.418.